The van der Waals surface area contributed by atoms with Gasteiger partial charge in [0.1, 0.15) is 0 Å². The highest BCUT2D eigenvalue weighted by Crippen LogP contribution is 2.17. The summed E-state index contributed by atoms with van der Waals surface area (Å²) < 4.78 is 5.24. The molecule has 0 fully saturated rings. The van der Waals surface area contributed by atoms with Crippen molar-refractivity contribution in [1.29, 1.82) is 0 Å². The van der Waals surface area contributed by atoms with Crippen molar-refractivity contribution >= 4 is 18.3 Å². The summed E-state index contributed by atoms with van der Waals surface area (Å²) in [7, 11) is 0. The molecule has 1 amide bonds. The number of benzene rings is 1. The fourth-order valence-electron chi connectivity index (χ4n) is 2.06. The second-order valence-corrected chi connectivity index (χ2v) is 5.70. The highest BCUT2D eigenvalue weighted by atomic mass is 35.5. The van der Waals surface area contributed by atoms with E-state index >= 15 is 0 Å². The molecule has 0 radical (unpaired) electrons. The lowest BCUT2D eigenvalue weighted by molar-refractivity contribution is -0.121. The number of halogens is 1. The van der Waals surface area contributed by atoms with Crippen molar-refractivity contribution in [2.24, 2.45) is 5.73 Å². The largest absolute Gasteiger partial charge is 0.377 e. The van der Waals surface area contributed by atoms with Crippen LogP contribution in [0.3, 0.4) is 0 Å². The zero-order chi connectivity index (χ0) is 16.4. The van der Waals surface area contributed by atoms with E-state index in [9.17, 15) is 4.79 Å². The van der Waals surface area contributed by atoms with E-state index in [4.69, 9.17) is 10.5 Å². The highest BCUT2D eigenvalue weighted by molar-refractivity contribution is 5.85. The van der Waals surface area contributed by atoms with Gasteiger partial charge in [0.25, 0.3) is 0 Å². The van der Waals surface area contributed by atoms with E-state index in [-0.39, 0.29) is 24.4 Å². The number of nitrogens with two attached hydrogens (primary N) is 1. The maximum atomic E-state index is 11.7. The Morgan fingerprint density at radius 2 is 1.91 bits per heavy atom. The molecule has 0 spiro atoms. The SMILES string of the molecule is C=CCOCCCC(=O)NCC(N)c1ccc(C(C)C)cc1.Cl. The lowest BCUT2D eigenvalue weighted by atomic mass is 9.99. The van der Waals surface area contributed by atoms with Crippen molar-refractivity contribution in [3.05, 3.63) is 48.0 Å². The van der Waals surface area contributed by atoms with Crippen LogP contribution in [0.2, 0.25) is 0 Å². The molecule has 0 aliphatic rings. The second kappa shape index (κ2) is 12.1. The molecular weight excluding hydrogens is 312 g/mol. The summed E-state index contributed by atoms with van der Waals surface area (Å²) in [6.07, 6.45) is 2.86. The lowest BCUT2D eigenvalue weighted by Crippen LogP contribution is -2.31. The van der Waals surface area contributed by atoms with Crippen LogP contribution in [-0.4, -0.2) is 25.7 Å². The van der Waals surface area contributed by atoms with E-state index in [1.165, 1.54) is 5.56 Å². The first-order chi connectivity index (χ1) is 10.5. The third-order valence-corrected chi connectivity index (χ3v) is 3.48. The van der Waals surface area contributed by atoms with Gasteiger partial charge in [0, 0.05) is 25.6 Å². The average molecular weight is 341 g/mol. The van der Waals surface area contributed by atoms with Crippen molar-refractivity contribution in [3.63, 3.8) is 0 Å². The van der Waals surface area contributed by atoms with Gasteiger partial charge in [0.2, 0.25) is 5.91 Å². The first-order valence-corrected chi connectivity index (χ1v) is 7.85. The molecule has 0 aliphatic carbocycles. The number of nitrogens with one attached hydrogen (secondary N) is 1. The number of carbonyl (C=O) groups excluding carboxylic acids is 1. The molecule has 3 N–H and O–H groups in total. The van der Waals surface area contributed by atoms with Gasteiger partial charge >= 0.3 is 0 Å². The summed E-state index contributed by atoms with van der Waals surface area (Å²) in [6, 6.07) is 8.09. The molecule has 4 nitrogen and oxygen atoms in total. The van der Waals surface area contributed by atoms with Gasteiger partial charge in [0.05, 0.1) is 6.61 Å². The summed E-state index contributed by atoms with van der Waals surface area (Å²) in [5, 5.41) is 2.87. The van der Waals surface area contributed by atoms with Gasteiger partial charge in [-0.2, -0.15) is 0 Å². The fraction of sp³-hybridized carbons (Fsp3) is 0.500. The third kappa shape index (κ3) is 8.74. The molecule has 0 saturated heterocycles. The van der Waals surface area contributed by atoms with Gasteiger partial charge in [-0.15, -0.1) is 19.0 Å². The van der Waals surface area contributed by atoms with Crippen molar-refractivity contribution in [1.82, 2.24) is 5.32 Å². The van der Waals surface area contributed by atoms with Gasteiger partial charge in [0.15, 0.2) is 0 Å². The van der Waals surface area contributed by atoms with E-state index in [1.54, 1.807) is 6.08 Å². The number of rotatable bonds is 10. The van der Waals surface area contributed by atoms with Crippen LogP contribution in [0.4, 0.5) is 0 Å². The van der Waals surface area contributed by atoms with Crippen LogP contribution in [0.5, 0.6) is 0 Å². The number of hydrogen-bond acceptors (Lipinski definition) is 3. The minimum atomic E-state index is -0.179. The van der Waals surface area contributed by atoms with E-state index in [0.717, 1.165) is 5.56 Å². The molecule has 0 heterocycles. The normalized spacial score (nSPS) is 11.7. The van der Waals surface area contributed by atoms with Gasteiger partial charge < -0.3 is 15.8 Å². The molecule has 130 valence electrons. The molecule has 0 aliphatic heterocycles. The molecule has 5 heteroatoms. The van der Waals surface area contributed by atoms with Crippen molar-refractivity contribution in [3.8, 4) is 0 Å². The predicted octanol–water partition coefficient (Wildman–Crippen LogP) is 3.33. The topological polar surface area (TPSA) is 64.3 Å². The maximum absolute atomic E-state index is 11.7. The molecule has 23 heavy (non-hydrogen) atoms. The van der Waals surface area contributed by atoms with Gasteiger partial charge in [-0.3, -0.25) is 4.79 Å². The minimum absolute atomic E-state index is 0. The molecule has 0 aromatic heterocycles. The number of hydrogen-bond donors (Lipinski definition) is 2. The number of ether oxygens (including phenoxy) is 1. The highest BCUT2D eigenvalue weighted by Gasteiger charge is 2.09. The van der Waals surface area contributed by atoms with Crippen LogP contribution in [0.25, 0.3) is 0 Å². The van der Waals surface area contributed by atoms with Gasteiger partial charge in [-0.25, -0.2) is 0 Å². The Bertz CT molecular complexity index is 461. The summed E-state index contributed by atoms with van der Waals surface area (Å²) in [6.45, 7) is 9.44. The minimum Gasteiger partial charge on any atom is -0.377 e. The Balaban J connectivity index is 0.00000484. The van der Waals surface area contributed by atoms with E-state index < -0.39 is 0 Å². The Morgan fingerprint density at radius 1 is 1.30 bits per heavy atom. The molecule has 1 aromatic rings. The van der Waals surface area contributed by atoms with E-state index in [0.29, 0.717) is 38.5 Å². The Labute approximate surface area is 145 Å². The lowest BCUT2D eigenvalue weighted by Gasteiger charge is -2.14. The summed E-state index contributed by atoms with van der Waals surface area (Å²) in [5.74, 6) is 0.518. The molecule has 1 unspecified atom stereocenters. The van der Waals surface area contributed by atoms with Crippen LogP contribution < -0.4 is 11.1 Å². The molecule has 0 saturated carbocycles. The van der Waals surface area contributed by atoms with Crippen molar-refractivity contribution in [2.45, 2.75) is 38.6 Å². The Hall–Kier alpha value is -1.36. The average Bonchev–Trinajstić information content (AvgIpc) is 2.52. The van der Waals surface area contributed by atoms with Crippen LogP contribution in [0.1, 0.15) is 49.8 Å². The number of carbonyl (C=O) groups is 1. The maximum Gasteiger partial charge on any atom is 0.220 e. The Morgan fingerprint density at radius 3 is 2.48 bits per heavy atom. The summed E-state index contributed by atoms with van der Waals surface area (Å²) in [4.78, 5) is 11.7. The predicted molar refractivity (Wildman–Crippen MR) is 98.0 cm³/mol. The monoisotopic (exact) mass is 340 g/mol. The zero-order valence-electron chi connectivity index (χ0n) is 14.1. The van der Waals surface area contributed by atoms with Gasteiger partial charge in [-0.05, 0) is 23.5 Å². The standard InChI is InChI=1S/C18H28N2O2.ClH/c1-4-11-22-12-5-6-18(21)20-13-17(19)16-9-7-15(8-10-16)14(2)3;/h4,7-10,14,17H,1,5-6,11-13,19H2,2-3H3,(H,20,21);1H. The molecule has 1 atom stereocenters. The Kier molecular flexibility index (Phi) is 11.4. The van der Waals surface area contributed by atoms with Crippen molar-refractivity contribution < 1.29 is 9.53 Å². The molecule has 0 bridgehead atoms. The van der Waals surface area contributed by atoms with E-state index in [2.05, 4.69) is 37.9 Å². The van der Waals surface area contributed by atoms with Crippen LogP contribution in [-0.2, 0) is 9.53 Å². The van der Waals surface area contributed by atoms with Crippen molar-refractivity contribution in [2.75, 3.05) is 19.8 Å². The summed E-state index contributed by atoms with van der Waals surface area (Å²) >= 11 is 0. The smallest absolute Gasteiger partial charge is 0.220 e. The van der Waals surface area contributed by atoms with Crippen LogP contribution >= 0.6 is 12.4 Å². The third-order valence-electron chi connectivity index (χ3n) is 3.48. The molecule has 1 aromatic carbocycles. The first-order valence-electron chi connectivity index (χ1n) is 7.85. The molecule has 1 rings (SSSR count). The van der Waals surface area contributed by atoms with Crippen LogP contribution in [0, 0.1) is 0 Å². The number of amides is 1. The summed E-state index contributed by atoms with van der Waals surface area (Å²) in [5.41, 5.74) is 8.45. The second-order valence-electron chi connectivity index (χ2n) is 5.70. The zero-order valence-corrected chi connectivity index (χ0v) is 14.9. The van der Waals surface area contributed by atoms with E-state index in [1.807, 2.05) is 12.1 Å². The van der Waals surface area contributed by atoms with Gasteiger partial charge in [-0.1, -0.05) is 44.2 Å². The fourth-order valence-corrected chi connectivity index (χ4v) is 2.06. The first kappa shape index (κ1) is 21.6. The molecular formula is C18H29ClN2O2. The van der Waals surface area contributed by atoms with Crippen LogP contribution in [0.15, 0.2) is 36.9 Å². The quantitative estimate of drug-likeness (QED) is 0.507.